The number of rotatable bonds is 7. The van der Waals surface area contributed by atoms with E-state index in [0.29, 0.717) is 31.7 Å². The number of benzene rings is 1. The molecular weight excluding hydrogens is 404 g/mol. The van der Waals surface area contributed by atoms with Crippen LogP contribution in [0, 0.1) is 0 Å². The monoisotopic (exact) mass is 440 g/mol. The van der Waals surface area contributed by atoms with Gasteiger partial charge in [0.1, 0.15) is 0 Å². The van der Waals surface area contributed by atoms with Gasteiger partial charge in [-0.25, -0.2) is 0 Å². The Balaban J connectivity index is 1.24. The maximum atomic E-state index is 12.6. The summed E-state index contributed by atoms with van der Waals surface area (Å²) in [5.41, 5.74) is 1.56. The molecule has 4 rings (SSSR count). The van der Waals surface area contributed by atoms with Gasteiger partial charge in [-0.05, 0) is 56.5 Å². The van der Waals surface area contributed by atoms with E-state index in [1.807, 2.05) is 12.1 Å². The van der Waals surface area contributed by atoms with Crippen molar-refractivity contribution >= 4 is 17.7 Å². The molecule has 3 amide bonds. The highest BCUT2D eigenvalue weighted by Crippen LogP contribution is 2.25. The molecule has 1 aliphatic carbocycles. The summed E-state index contributed by atoms with van der Waals surface area (Å²) in [6.45, 7) is 5.39. The van der Waals surface area contributed by atoms with Gasteiger partial charge in [-0.2, -0.15) is 0 Å². The van der Waals surface area contributed by atoms with Gasteiger partial charge in [-0.15, -0.1) is 0 Å². The topological polar surface area (TPSA) is 73.0 Å². The summed E-state index contributed by atoms with van der Waals surface area (Å²) in [7, 11) is 0. The fraction of sp³-hybridized carbons (Fsp3) is 0.640. The van der Waals surface area contributed by atoms with Crippen molar-refractivity contribution in [1.82, 2.24) is 20.0 Å². The average Bonchev–Trinajstić information content (AvgIpc) is 3.21. The Kier molecular flexibility index (Phi) is 7.79. The van der Waals surface area contributed by atoms with Gasteiger partial charge in [0.2, 0.25) is 0 Å². The molecule has 0 aromatic heterocycles. The van der Waals surface area contributed by atoms with Crippen molar-refractivity contribution in [2.24, 2.45) is 0 Å². The van der Waals surface area contributed by atoms with Crippen LogP contribution in [0.1, 0.15) is 67.3 Å². The first-order valence-corrected chi connectivity index (χ1v) is 12.3. The minimum Gasteiger partial charge on any atom is -0.351 e. The van der Waals surface area contributed by atoms with E-state index in [4.69, 9.17) is 0 Å². The lowest BCUT2D eigenvalue weighted by Gasteiger charge is -2.37. The molecule has 1 aromatic rings. The molecule has 1 aromatic carbocycles. The van der Waals surface area contributed by atoms with Gasteiger partial charge in [-0.3, -0.25) is 14.4 Å². The Morgan fingerprint density at radius 2 is 1.53 bits per heavy atom. The number of carbonyl (C=O) groups is 3. The van der Waals surface area contributed by atoms with E-state index in [0.717, 1.165) is 50.9 Å². The molecule has 0 unspecified atom stereocenters. The number of hydrogen-bond acceptors (Lipinski definition) is 4. The largest absolute Gasteiger partial charge is 0.351 e. The van der Waals surface area contributed by atoms with Crippen molar-refractivity contribution in [2.75, 3.05) is 39.3 Å². The molecule has 7 nitrogen and oxygen atoms in total. The second-order valence-corrected chi connectivity index (χ2v) is 9.37. The Morgan fingerprint density at radius 1 is 0.844 bits per heavy atom. The summed E-state index contributed by atoms with van der Waals surface area (Å²) in [6.07, 6.45) is 9.44. The molecule has 0 bridgehead atoms. The molecule has 0 spiro atoms. The number of amides is 3. The van der Waals surface area contributed by atoms with Crippen molar-refractivity contribution in [3.63, 3.8) is 0 Å². The first kappa shape index (κ1) is 22.8. The Hall–Kier alpha value is -2.41. The standard InChI is InChI=1S/C25H36N4O3/c30-23(26-13-16-27-14-5-1-2-6-15-27)21-11-9-20(10-12-21)19-28-17-18-29(25(32)24(28)31)22-7-3-4-8-22/h9-12,22H,1-8,13-19H2,(H,26,30). The number of nitrogens with zero attached hydrogens (tertiary/aromatic N) is 3. The van der Waals surface area contributed by atoms with Gasteiger partial charge in [0, 0.05) is 44.3 Å². The lowest BCUT2D eigenvalue weighted by atomic mass is 10.1. The van der Waals surface area contributed by atoms with Crippen molar-refractivity contribution in [3.05, 3.63) is 35.4 Å². The third-order valence-electron chi connectivity index (χ3n) is 7.11. The molecule has 174 valence electrons. The van der Waals surface area contributed by atoms with E-state index < -0.39 is 5.91 Å². The SMILES string of the molecule is O=C(NCCN1CCCCCC1)c1ccc(CN2CCN(C3CCCC3)C(=O)C2=O)cc1. The number of piperazine rings is 1. The number of nitrogens with one attached hydrogen (secondary N) is 1. The molecular formula is C25H36N4O3. The van der Waals surface area contributed by atoms with Crippen molar-refractivity contribution < 1.29 is 14.4 Å². The smallest absolute Gasteiger partial charge is 0.312 e. The summed E-state index contributed by atoms with van der Waals surface area (Å²) in [5, 5.41) is 3.02. The van der Waals surface area contributed by atoms with Crippen LogP contribution < -0.4 is 5.32 Å². The summed E-state index contributed by atoms with van der Waals surface area (Å²) in [6, 6.07) is 7.61. The van der Waals surface area contributed by atoms with Gasteiger partial charge in [-0.1, -0.05) is 37.8 Å². The third kappa shape index (κ3) is 5.68. The number of likely N-dealkylation sites (tertiary alicyclic amines) is 1. The highest BCUT2D eigenvalue weighted by Gasteiger charge is 2.37. The lowest BCUT2D eigenvalue weighted by Crippen LogP contribution is -2.56. The summed E-state index contributed by atoms with van der Waals surface area (Å²) in [5.74, 6) is -0.829. The average molecular weight is 441 g/mol. The number of carbonyl (C=O) groups excluding carboxylic acids is 3. The highest BCUT2D eigenvalue weighted by molar-refractivity contribution is 6.35. The molecule has 1 N–H and O–H groups in total. The Labute approximate surface area is 191 Å². The van der Waals surface area contributed by atoms with Crippen LogP contribution in [-0.4, -0.2) is 77.7 Å². The molecule has 32 heavy (non-hydrogen) atoms. The van der Waals surface area contributed by atoms with Crippen LogP contribution in [0.5, 0.6) is 0 Å². The van der Waals surface area contributed by atoms with Crippen LogP contribution in [0.15, 0.2) is 24.3 Å². The van der Waals surface area contributed by atoms with Crippen LogP contribution in [0.25, 0.3) is 0 Å². The van der Waals surface area contributed by atoms with Gasteiger partial charge in [0.25, 0.3) is 5.91 Å². The predicted octanol–water partition coefficient (Wildman–Crippen LogP) is 2.41. The van der Waals surface area contributed by atoms with E-state index >= 15 is 0 Å². The van der Waals surface area contributed by atoms with E-state index in [9.17, 15) is 14.4 Å². The van der Waals surface area contributed by atoms with E-state index in [1.165, 1.54) is 25.7 Å². The summed E-state index contributed by atoms with van der Waals surface area (Å²) in [4.78, 5) is 43.5. The van der Waals surface area contributed by atoms with E-state index in [-0.39, 0.29) is 17.9 Å². The molecule has 3 fully saturated rings. The van der Waals surface area contributed by atoms with Gasteiger partial charge in [0.15, 0.2) is 0 Å². The van der Waals surface area contributed by atoms with E-state index in [2.05, 4.69) is 10.2 Å². The van der Waals surface area contributed by atoms with Gasteiger partial charge in [0.05, 0.1) is 0 Å². The molecule has 3 aliphatic rings. The minimum atomic E-state index is -0.404. The zero-order valence-corrected chi connectivity index (χ0v) is 19.1. The molecule has 2 heterocycles. The fourth-order valence-electron chi connectivity index (χ4n) is 5.18. The van der Waals surface area contributed by atoms with Crippen LogP contribution in [0.2, 0.25) is 0 Å². The maximum absolute atomic E-state index is 12.6. The molecule has 1 saturated carbocycles. The van der Waals surface area contributed by atoms with Crippen molar-refractivity contribution in [2.45, 2.75) is 64.0 Å². The first-order valence-electron chi connectivity index (χ1n) is 12.3. The van der Waals surface area contributed by atoms with Crippen molar-refractivity contribution in [3.8, 4) is 0 Å². The van der Waals surface area contributed by atoms with E-state index in [1.54, 1.807) is 21.9 Å². The summed E-state index contributed by atoms with van der Waals surface area (Å²) < 4.78 is 0. The van der Waals surface area contributed by atoms with Crippen molar-refractivity contribution in [1.29, 1.82) is 0 Å². The van der Waals surface area contributed by atoms with Crippen LogP contribution >= 0.6 is 0 Å². The zero-order valence-electron chi connectivity index (χ0n) is 19.1. The van der Waals surface area contributed by atoms with Crippen LogP contribution in [0.3, 0.4) is 0 Å². The summed E-state index contributed by atoms with van der Waals surface area (Å²) >= 11 is 0. The Bertz CT molecular complexity index is 796. The number of hydrogen-bond donors (Lipinski definition) is 1. The normalized spacial score (nSPS) is 21.1. The maximum Gasteiger partial charge on any atom is 0.312 e. The zero-order chi connectivity index (χ0) is 22.3. The second-order valence-electron chi connectivity index (χ2n) is 9.37. The molecule has 0 atom stereocenters. The van der Waals surface area contributed by atoms with Gasteiger partial charge < -0.3 is 20.0 Å². The molecule has 2 saturated heterocycles. The first-order chi connectivity index (χ1) is 15.6. The Morgan fingerprint density at radius 3 is 2.22 bits per heavy atom. The van der Waals surface area contributed by atoms with Crippen LogP contribution in [0.4, 0.5) is 0 Å². The predicted molar refractivity (Wildman–Crippen MR) is 123 cm³/mol. The minimum absolute atomic E-state index is 0.0668. The van der Waals surface area contributed by atoms with Gasteiger partial charge >= 0.3 is 11.8 Å². The quantitative estimate of drug-likeness (QED) is 0.661. The second kappa shape index (κ2) is 10.9. The molecule has 7 heteroatoms. The molecule has 2 aliphatic heterocycles. The van der Waals surface area contributed by atoms with Crippen LogP contribution in [-0.2, 0) is 16.1 Å². The fourth-order valence-corrected chi connectivity index (χ4v) is 5.18. The lowest BCUT2D eigenvalue weighted by molar-refractivity contribution is -0.158. The molecule has 0 radical (unpaired) electrons. The highest BCUT2D eigenvalue weighted by atomic mass is 16.2. The third-order valence-corrected chi connectivity index (χ3v) is 7.11.